The summed E-state index contributed by atoms with van der Waals surface area (Å²) in [6.07, 6.45) is 2.49. The van der Waals surface area contributed by atoms with Crippen LogP contribution in [0.1, 0.15) is 17.1 Å². The van der Waals surface area contributed by atoms with E-state index in [1.165, 1.54) is 12.7 Å². The lowest BCUT2D eigenvalue weighted by Gasteiger charge is -2.41. The van der Waals surface area contributed by atoms with E-state index in [0.29, 0.717) is 11.8 Å². The second-order valence-electron chi connectivity index (χ2n) is 4.58. The van der Waals surface area contributed by atoms with Gasteiger partial charge in [-0.25, -0.2) is 0 Å². The van der Waals surface area contributed by atoms with Crippen molar-refractivity contribution in [2.24, 2.45) is 11.8 Å². The first kappa shape index (κ1) is 9.77. The largest absolute Gasteiger partial charge is 0.334 e. The lowest BCUT2D eigenvalue weighted by molar-refractivity contribution is 0.0492. The molecule has 2 unspecified atom stereocenters. The summed E-state index contributed by atoms with van der Waals surface area (Å²) in [6, 6.07) is 0. The Balaban J connectivity index is 1.73. The van der Waals surface area contributed by atoms with Crippen LogP contribution in [0, 0.1) is 11.8 Å². The highest BCUT2D eigenvalue weighted by molar-refractivity contribution is 5.89. The van der Waals surface area contributed by atoms with Crippen molar-refractivity contribution < 1.29 is 9.32 Å². The smallest absolute Gasteiger partial charge is 0.315 e. The molecule has 2 saturated heterocycles. The van der Waals surface area contributed by atoms with Crippen molar-refractivity contribution in [1.82, 2.24) is 20.4 Å². The minimum atomic E-state index is -0.130. The number of fused-ring (bicyclic) bond motifs is 2. The van der Waals surface area contributed by atoms with Gasteiger partial charge in [0.15, 0.2) is 6.33 Å². The van der Waals surface area contributed by atoms with Crippen LogP contribution in [-0.4, -0.2) is 47.1 Å². The molecule has 2 bridgehead atoms. The summed E-state index contributed by atoms with van der Waals surface area (Å²) >= 11 is 0. The van der Waals surface area contributed by atoms with Crippen molar-refractivity contribution >= 4 is 5.91 Å². The van der Waals surface area contributed by atoms with Crippen molar-refractivity contribution in [2.45, 2.75) is 6.42 Å². The zero-order valence-corrected chi connectivity index (χ0v) is 8.93. The Bertz CT molecular complexity index is 366. The van der Waals surface area contributed by atoms with Gasteiger partial charge in [-0.05, 0) is 31.3 Å². The predicted octanol–water partition coefficient (Wildman–Crippen LogP) is -0.249. The number of hydrogen-bond acceptors (Lipinski definition) is 5. The highest BCUT2D eigenvalue weighted by atomic mass is 16.5. The Morgan fingerprint density at radius 1 is 1.44 bits per heavy atom. The van der Waals surface area contributed by atoms with E-state index in [1.54, 1.807) is 0 Å². The van der Waals surface area contributed by atoms with Crippen LogP contribution < -0.4 is 5.32 Å². The fraction of sp³-hybridized carbons (Fsp3) is 0.700. The third-order valence-electron chi connectivity index (χ3n) is 3.32. The number of rotatable bonds is 1. The molecule has 1 N–H and O–H groups in total. The normalized spacial score (nSPS) is 29.1. The molecule has 3 rings (SSSR count). The Hall–Kier alpha value is -1.43. The number of amides is 1. The second-order valence-corrected chi connectivity index (χ2v) is 4.58. The third kappa shape index (κ3) is 1.69. The molecule has 2 aliphatic rings. The van der Waals surface area contributed by atoms with E-state index >= 15 is 0 Å². The number of carbonyl (C=O) groups is 1. The van der Waals surface area contributed by atoms with Crippen molar-refractivity contribution in [3.05, 3.63) is 12.2 Å². The third-order valence-corrected chi connectivity index (χ3v) is 3.32. The molecule has 86 valence electrons. The van der Waals surface area contributed by atoms with Crippen molar-refractivity contribution in [3.63, 3.8) is 0 Å². The first-order valence-corrected chi connectivity index (χ1v) is 5.59. The van der Waals surface area contributed by atoms with Gasteiger partial charge in [0.05, 0.1) is 0 Å². The molecule has 1 aromatic heterocycles. The lowest BCUT2D eigenvalue weighted by atomic mass is 9.86. The molecule has 0 radical (unpaired) electrons. The van der Waals surface area contributed by atoms with Gasteiger partial charge >= 0.3 is 11.8 Å². The van der Waals surface area contributed by atoms with E-state index in [0.717, 1.165) is 26.2 Å². The minimum absolute atomic E-state index is 0.105. The zero-order chi connectivity index (χ0) is 11.0. The molecule has 1 aromatic rings. The minimum Gasteiger partial charge on any atom is -0.334 e. The molecule has 6 nitrogen and oxygen atoms in total. The molecule has 6 heteroatoms. The van der Waals surface area contributed by atoms with Crippen LogP contribution in [0.5, 0.6) is 0 Å². The van der Waals surface area contributed by atoms with E-state index in [2.05, 4.69) is 15.5 Å². The van der Waals surface area contributed by atoms with Gasteiger partial charge in [-0.15, -0.1) is 0 Å². The first-order chi connectivity index (χ1) is 7.83. The lowest BCUT2D eigenvalue weighted by Crippen LogP contribution is -2.52. The number of hydrogen-bond donors (Lipinski definition) is 1. The van der Waals surface area contributed by atoms with Crippen molar-refractivity contribution in [2.75, 3.05) is 26.2 Å². The molecule has 3 heterocycles. The Kier molecular flexibility index (Phi) is 2.36. The van der Waals surface area contributed by atoms with E-state index in [4.69, 9.17) is 4.52 Å². The number of aromatic nitrogens is 2. The van der Waals surface area contributed by atoms with Crippen LogP contribution in [-0.2, 0) is 0 Å². The van der Waals surface area contributed by atoms with Gasteiger partial charge in [0.2, 0.25) is 0 Å². The predicted molar refractivity (Wildman–Crippen MR) is 54.7 cm³/mol. The van der Waals surface area contributed by atoms with Gasteiger partial charge in [-0.1, -0.05) is 5.16 Å². The summed E-state index contributed by atoms with van der Waals surface area (Å²) in [5.74, 6) is 1.11. The monoisotopic (exact) mass is 222 g/mol. The van der Waals surface area contributed by atoms with E-state index < -0.39 is 0 Å². The highest BCUT2D eigenvalue weighted by Crippen LogP contribution is 2.25. The standard InChI is InChI=1S/C10H14N4O2/c15-10(9-12-6-13-16-9)14-4-7-1-8(5-14)3-11-2-7/h6-8,11H,1-5H2. The Labute approximate surface area is 93.0 Å². The molecule has 0 saturated carbocycles. The maximum absolute atomic E-state index is 12.0. The molecule has 0 spiro atoms. The molecule has 2 aliphatic heterocycles. The summed E-state index contributed by atoms with van der Waals surface area (Å²) in [6.45, 7) is 3.60. The molecular formula is C10H14N4O2. The summed E-state index contributed by atoms with van der Waals surface area (Å²) in [4.78, 5) is 17.6. The van der Waals surface area contributed by atoms with Gasteiger partial charge in [-0.2, -0.15) is 4.98 Å². The number of nitrogens with zero attached hydrogens (tertiary/aromatic N) is 3. The van der Waals surface area contributed by atoms with Gasteiger partial charge in [0.1, 0.15) is 0 Å². The summed E-state index contributed by atoms with van der Waals surface area (Å²) in [7, 11) is 0. The number of carbonyl (C=O) groups excluding carboxylic acids is 1. The molecule has 0 aromatic carbocycles. The highest BCUT2D eigenvalue weighted by Gasteiger charge is 2.34. The SMILES string of the molecule is O=C(c1ncno1)N1CC2CNCC(C2)C1. The van der Waals surface area contributed by atoms with Gasteiger partial charge in [-0.3, -0.25) is 4.79 Å². The molecule has 2 fully saturated rings. The summed E-state index contributed by atoms with van der Waals surface area (Å²) in [5, 5.41) is 6.86. The van der Waals surface area contributed by atoms with Crippen LogP contribution in [0.15, 0.2) is 10.9 Å². The van der Waals surface area contributed by atoms with Crippen LogP contribution in [0.25, 0.3) is 0 Å². The maximum Gasteiger partial charge on any atom is 0.315 e. The molecular weight excluding hydrogens is 208 g/mol. The first-order valence-electron chi connectivity index (χ1n) is 5.59. The molecule has 16 heavy (non-hydrogen) atoms. The zero-order valence-electron chi connectivity index (χ0n) is 8.93. The maximum atomic E-state index is 12.0. The summed E-state index contributed by atoms with van der Waals surface area (Å²) < 4.78 is 4.80. The van der Waals surface area contributed by atoms with Gasteiger partial charge in [0.25, 0.3) is 0 Å². The number of likely N-dealkylation sites (tertiary alicyclic amines) is 1. The number of nitrogens with one attached hydrogen (secondary N) is 1. The quantitative estimate of drug-likeness (QED) is 0.709. The van der Waals surface area contributed by atoms with Crippen LogP contribution in [0.3, 0.4) is 0 Å². The fourth-order valence-electron chi connectivity index (χ4n) is 2.67. The average molecular weight is 222 g/mol. The van der Waals surface area contributed by atoms with Crippen LogP contribution in [0.4, 0.5) is 0 Å². The number of piperidine rings is 2. The van der Waals surface area contributed by atoms with Crippen molar-refractivity contribution in [1.29, 1.82) is 0 Å². The topological polar surface area (TPSA) is 71.3 Å². The Morgan fingerprint density at radius 3 is 2.81 bits per heavy atom. The van der Waals surface area contributed by atoms with E-state index in [1.807, 2.05) is 4.90 Å². The molecule has 0 aliphatic carbocycles. The Morgan fingerprint density at radius 2 is 2.19 bits per heavy atom. The van der Waals surface area contributed by atoms with E-state index in [-0.39, 0.29) is 11.8 Å². The van der Waals surface area contributed by atoms with Gasteiger partial charge < -0.3 is 14.7 Å². The van der Waals surface area contributed by atoms with E-state index in [9.17, 15) is 4.79 Å². The van der Waals surface area contributed by atoms with Crippen molar-refractivity contribution in [3.8, 4) is 0 Å². The van der Waals surface area contributed by atoms with Gasteiger partial charge in [0, 0.05) is 13.1 Å². The fourth-order valence-corrected chi connectivity index (χ4v) is 2.67. The molecule has 2 atom stereocenters. The second kappa shape index (κ2) is 3.86. The molecule has 1 amide bonds. The average Bonchev–Trinajstić information content (AvgIpc) is 2.81. The van der Waals surface area contributed by atoms with Crippen LogP contribution in [0.2, 0.25) is 0 Å². The summed E-state index contributed by atoms with van der Waals surface area (Å²) in [5.41, 5.74) is 0. The van der Waals surface area contributed by atoms with Crippen LogP contribution >= 0.6 is 0 Å².